The number of benzene rings is 2. The molecule has 0 spiro atoms. The van der Waals surface area contributed by atoms with E-state index in [1.165, 1.54) is 19.2 Å². The number of hydrogen-bond acceptors (Lipinski definition) is 8. The predicted molar refractivity (Wildman–Crippen MR) is 135 cm³/mol. The number of nitrogens with zero attached hydrogens (tertiary/aromatic N) is 3. The number of H-pyrrole nitrogens is 1. The average Bonchev–Trinajstić information content (AvgIpc) is 3.18. The molecule has 0 fully saturated rings. The van der Waals surface area contributed by atoms with Gasteiger partial charge in [0, 0.05) is 29.0 Å². The fourth-order valence-electron chi connectivity index (χ4n) is 4.12. The Bertz CT molecular complexity index is 1390. The van der Waals surface area contributed by atoms with Crippen molar-refractivity contribution in [2.45, 2.75) is 44.4 Å². The zero-order valence-electron chi connectivity index (χ0n) is 20.0. The van der Waals surface area contributed by atoms with E-state index in [1.807, 2.05) is 31.2 Å². The molecule has 2 aromatic carbocycles. The van der Waals surface area contributed by atoms with Crippen LogP contribution in [0.15, 0.2) is 58.2 Å². The van der Waals surface area contributed by atoms with Crippen LogP contribution in [-0.2, 0) is 15.6 Å². The lowest BCUT2D eigenvalue weighted by Gasteiger charge is -2.39. The maximum atomic E-state index is 12.5. The maximum absolute atomic E-state index is 12.5. The molecule has 3 aromatic rings. The average molecular weight is 483 g/mol. The molecular weight excluding hydrogens is 452 g/mol. The number of nitrogens with one attached hydrogen (secondary N) is 2. The smallest absolute Gasteiger partial charge is 0.213 e. The minimum absolute atomic E-state index is 0.0194. The van der Waals surface area contributed by atoms with Crippen LogP contribution in [0.1, 0.15) is 32.0 Å². The SMILES string of the molecule is CCS(=O)(=O)c1ccc(OC)c(C2(N)N=CC=C(N(c3ccc4c(C)[nH]nc4c3)C(C)C)N2)c1. The van der Waals surface area contributed by atoms with Crippen molar-refractivity contribution < 1.29 is 13.2 Å². The van der Waals surface area contributed by atoms with Crippen molar-refractivity contribution in [3.05, 3.63) is 59.6 Å². The van der Waals surface area contributed by atoms with E-state index in [2.05, 4.69) is 39.3 Å². The molecule has 1 unspecified atom stereocenters. The summed E-state index contributed by atoms with van der Waals surface area (Å²) >= 11 is 0. The van der Waals surface area contributed by atoms with Gasteiger partial charge < -0.3 is 15.0 Å². The second-order valence-corrected chi connectivity index (χ2v) is 10.8. The second kappa shape index (κ2) is 8.77. The molecule has 0 saturated carbocycles. The van der Waals surface area contributed by atoms with Crippen LogP contribution in [-0.4, -0.2) is 43.7 Å². The lowest BCUT2D eigenvalue weighted by Crippen LogP contribution is -2.54. The number of methoxy groups -OCH3 is 1. The number of aliphatic imine (C=N–C) groups is 1. The van der Waals surface area contributed by atoms with Crippen LogP contribution in [0.5, 0.6) is 5.75 Å². The van der Waals surface area contributed by atoms with Crippen LogP contribution in [0.3, 0.4) is 0 Å². The van der Waals surface area contributed by atoms with Crippen molar-refractivity contribution in [2.75, 3.05) is 17.8 Å². The number of allylic oxidation sites excluding steroid dienone is 1. The number of aromatic nitrogens is 2. The highest BCUT2D eigenvalue weighted by atomic mass is 32.2. The van der Waals surface area contributed by atoms with Crippen molar-refractivity contribution in [2.24, 2.45) is 10.7 Å². The molecule has 1 atom stereocenters. The molecule has 9 nitrogen and oxygen atoms in total. The van der Waals surface area contributed by atoms with Gasteiger partial charge in [-0.1, -0.05) is 6.92 Å². The highest BCUT2D eigenvalue weighted by Gasteiger charge is 2.35. The minimum Gasteiger partial charge on any atom is -0.496 e. The molecule has 0 saturated heterocycles. The van der Waals surface area contributed by atoms with E-state index in [9.17, 15) is 8.42 Å². The molecule has 4 rings (SSSR count). The summed E-state index contributed by atoms with van der Waals surface area (Å²) in [5, 5.41) is 11.8. The third kappa shape index (κ3) is 4.14. The molecule has 34 heavy (non-hydrogen) atoms. The molecule has 1 aromatic heterocycles. The Morgan fingerprint density at radius 2 is 1.97 bits per heavy atom. The van der Waals surface area contributed by atoms with Gasteiger partial charge in [0.05, 0.1) is 28.8 Å². The van der Waals surface area contributed by atoms with Crippen molar-refractivity contribution in [1.29, 1.82) is 0 Å². The van der Waals surface area contributed by atoms with Gasteiger partial charge in [-0.25, -0.2) is 13.4 Å². The number of nitrogens with two attached hydrogens (primary N) is 1. The Morgan fingerprint density at radius 3 is 2.65 bits per heavy atom. The van der Waals surface area contributed by atoms with Gasteiger partial charge in [0.25, 0.3) is 0 Å². The fourth-order valence-corrected chi connectivity index (χ4v) is 5.02. The highest BCUT2D eigenvalue weighted by Crippen LogP contribution is 2.34. The van der Waals surface area contributed by atoms with Crippen LogP contribution >= 0.6 is 0 Å². The number of ether oxygens (including phenoxy) is 1. The van der Waals surface area contributed by atoms with Gasteiger partial charge in [0.15, 0.2) is 9.84 Å². The van der Waals surface area contributed by atoms with E-state index >= 15 is 0 Å². The number of aryl methyl sites for hydroxylation is 1. The summed E-state index contributed by atoms with van der Waals surface area (Å²) in [5.41, 5.74) is 9.97. The minimum atomic E-state index is -3.44. The van der Waals surface area contributed by atoms with Crippen molar-refractivity contribution >= 4 is 32.6 Å². The molecule has 180 valence electrons. The second-order valence-electron chi connectivity index (χ2n) is 8.50. The van der Waals surface area contributed by atoms with Crippen LogP contribution in [0.25, 0.3) is 10.9 Å². The number of hydrogen-bond donors (Lipinski definition) is 3. The predicted octanol–water partition coefficient (Wildman–Crippen LogP) is 3.17. The molecule has 10 heteroatoms. The number of anilines is 1. The lowest BCUT2D eigenvalue weighted by molar-refractivity contribution is 0.349. The molecule has 2 heterocycles. The number of rotatable bonds is 7. The van der Waals surface area contributed by atoms with Gasteiger partial charge in [-0.15, -0.1) is 0 Å². The lowest BCUT2D eigenvalue weighted by atomic mass is 10.1. The summed E-state index contributed by atoms with van der Waals surface area (Å²) in [4.78, 5) is 6.74. The molecule has 4 N–H and O–H groups in total. The fraction of sp³-hybridized carbons (Fsp3) is 0.333. The molecular formula is C24H30N6O3S. The van der Waals surface area contributed by atoms with E-state index in [0.717, 1.165) is 22.3 Å². The summed E-state index contributed by atoms with van der Waals surface area (Å²) in [6.07, 6.45) is 3.46. The molecule has 0 bridgehead atoms. The summed E-state index contributed by atoms with van der Waals surface area (Å²) in [6.45, 7) is 7.73. The first kappa shape index (κ1) is 23.8. The summed E-state index contributed by atoms with van der Waals surface area (Å²) in [6, 6.07) is 10.8. The Hall–Kier alpha value is -3.37. The Kier molecular flexibility index (Phi) is 6.13. The molecule has 0 radical (unpaired) electrons. The van der Waals surface area contributed by atoms with Gasteiger partial charge in [-0.05, 0) is 63.2 Å². The maximum Gasteiger partial charge on any atom is 0.213 e. The van der Waals surface area contributed by atoms with Crippen LogP contribution in [0, 0.1) is 6.92 Å². The molecule has 0 aliphatic carbocycles. The molecule has 0 amide bonds. The van der Waals surface area contributed by atoms with Crippen molar-refractivity contribution in [3.63, 3.8) is 0 Å². The summed E-state index contributed by atoms with van der Waals surface area (Å²) < 4.78 is 30.6. The normalized spacial score (nSPS) is 18.1. The van der Waals surface area contributed by atoms with E-state index < -0.39 is 15.6 Å². The number of sulfone groups is 1. The largest absolute Gasteiger partial charge is 0.496 e. The Morgan fingerprint density at radius 1 is 1.21 bits per heavy atom. The topological polar surface area (TPSA) is 126 Å². The summed E-state index contributed by atoms with van der Waals surface area (Å²) in [7, 11) is -1.93. The van der Waals surface area contributed by atoms with E-state index in [-0.39, 0.29) is 16.7 Å². The van der Waals surface area contributed by atoms with Gasteiger partial charge in [0.1, 0.15) is 11.6 Å². The van der Waals surface area contributed by atoms with E-state index in [0.29, 0.717) is 17.1 Å². The van der Waals surface area contributed by atoms with E-state index in [4.69, 9.17) is 10.5 Å². The monoisotopic (exact) mass is 482 g/mol. The number of aromatic amines is 1. The van der Waals surface area contributed by atoms with Crippen molar-refractivity contribution in [1.82, 2.24) is 15.5 Å². The first-order chi connectivity index (χ1) is 16.1. The van der Waals surface area contributed by atoms with Crippen LogP contribution in [0.4, 0.5) is 5.69 Å². The van der Waals surface area contributed by atoms with Gasteiger partial charge in [-0.3, -0.25) is 10.8 Å². The third-order valence-corrected chi connectivity index (χ3v) is 7.67. The van der Waals surface area contributed by atoms with E-state index in [1.54, 1.807) is 19.2 Å². The number of fused-ring (bicyclic) bond motifs is 1. The van der Waals surface area contributed by atoms with Crippen LogP contribution < -0.4 is 20.7 Å². The molecule has 1 aliphatic heterocycles. The first-order valence-corrected chi connectivity index (χ1v) is 12.7. The zero-order chi connectivity index (χ0) is 24.7. The zero-order valence-corrected chi connectivity index (χ0v) is 20.8. The Balaban J connectivity index is 1.76. The van der Waals surface area contributed by atoms with Gasteiger partial charge in [0.2, 0.25) is 5.79 Å². The Labute approximate surface area is 199 Å². The summed E-state index contributed by atoms with van der Waals surface area (Å²) in [5.74, 6) is -0.304. The molecule has 1 aliphatic rings. The highest BCUT2D eigenvalue weighted by molar-refractivity contribution is 7.91. The standard InChI is InChI=1S/C24H30N6O3S/c1-6-34(31,32)18-8-10-22(33-5)20(14-18)24(25)26-12-11-23(27-24)30(15(2)3)17-7-9-19-16(4)28-29-21(19)13-17/h7-15,27H,6,25H2,1-5H3,(H,28,29). The third-order valence-electron chi connectivity index (χ3n) is 5.93. The van der Waals surface area contributed by atoms with Gasteiger partial charge in [-0.2, -0.15) is 5.10 Å². The van der Waals surface area contributed by atoms with Crippen molar-refractivity contribution in [3.8, 4) is 5.75 Å². The van der Waals surface area contributed by atoms with Gasteiger partial charge >= 0.3 is 0 Å². The quantitative estimate of drug-likeness (QED) is 0.472. The first-order valence-electron chi connectivity index (χ1n) is 11.1. The van der Waals surface area contributed by atoms with Crippen LogP contribution in [0.2, 0.25) is 0 Å².